The van der Waals surface area contributed by atoms with Crippen LogP contribution in [-0.4, -0.2) is 30.6 Å². The van der Waals surface area contributed by atoms with Crippen molar-refractivity contribution < 1.29 is 9.59 Å². The van der Waals surface area contributed by atoms with Gasteiger partial charge in [-0.3, -0.25) is 4.79 Å². The number of hydrogen-bond donors (Lipinski definition) is 3. The Balaban J connectivity index is 1.31. The molecule has 3 N–H and O–H groups in total. The molecule has 2 atom stereocenters. The van der Waals surface area contributed by atoms with Crippen molar-refractivity contribution in [3.05, 3.63) is 35.4 Å². The highest BCUT2D eigenvalue weighted by Crippen LogP contribution is 2.13. The number of amides is 3. The van der Waals surface area contributed by atoms with E-state index in [4.69, 9.17) is 0 Å². The second-order valence-electron chi connectivity index (χ2n) is 9.53. The van der Waals surface area contributed by atoms with E-state index in [0.717, 1.165) is 38.6 Å². The summed E-state index contributed by atoms with van der Waals surface area (Å²) in [6, 6.07) is 9.24. The number of carbonyl (C=O) groups excluding carboxylic acids is 2. The van der Waals surface area contributed by atoms with Crippen molar-refractivity contribution in [1.29, 1.82) is 0 Å². The van der Waals surface area contributed by atoms with Crippen LogP contribution in [0.3, 0.4) is 0 Å². The number of urea groups is 1. The Bertz CT molecular complexity index is 677. The first kappa shape index (κ1) is 26.2. The van der Waals surface area contributed by atoms with Crippen LogP contribution >= 0.6 is 0 Å². The molecular formula is C27H45N3O2. The summed E-state index contributed by atoms with van der Waals surface area (Å²) >= 11 is 0. The summed E-state index contributed by atoms with van der Waals surface area (Å²) in [6.07, 6.45) is 16.0. The standard InChI is InChI=1S/C27H45N3O2/c1-22-15-14-17-24(21-22)16-10-7-5-3-4-6-8-13-20-28-26(31)19-12-9-11-18-25-23(2)29-27(32)30-25/h14-15,17,21,23,25H,3-13,16,18-20H2,1-2H3,(H,28,31)(H2,29,30,32). The lowest BCUT2D eigenvalue weighted by atomic mass is 10.0. The van der Waals surface area contributed by atoms with Gasteiger partial charge >= 0.3 is 6.03 Å². The summed E-state index contributed by atoms with van der Waals surface area (Å²) < 4.78 is 0. The summed E-state index contributed by atoms with van der Waals surface area (Å²) in [6.45, 7) is 5.01. The molecule has 32 heavy (non-hydrogen) atoms. The molecule has 0 bridgehead atoms. The summed E-state index contributed by atoms with van der Waals surface area (Å²) in [4.78, 5) is 23.2. The first-order valence-electron chi connectivity index (χ1n) is 12.9. The van der Waals surface area contributed by atoms with Crippen molar-refractivity contribution in [2.75, 3.05) is 6.54 Å². The van der Waals surface area contributed by atoms with Crippen molar-refractivity contribution in [1.82, 2.24) is 16.0 Å². The number of carbonyl (C=O) groups is 2. The van der Waals surface area contributed by atoms with E-state index >= 15 is 0 Å². The lowest BCUT2D eigenvalue weighted by Crippen LogP contribution is -2.30. The molecule has 180 valence electrons. The van der Waals surface area contributed by atoms with Gasteiger partial charge in [0.2, 0.25) is 5.91 Å². The fourth-order valence-corrected chi connectivity index (χ4v) is 4.49. The third-order valence-corrected chi connectivity index (χ3v) is 6.49. The monoisotopic (exact) mass is 443 g/mol. The van der Waals surface area contributed by atoms with Gasteiger partial charge in [0.05, 0.1) is 6.04 Å². The van der Waals surface area contributed by atoms with Crippen LogP contribution in [0.1, 0.15) is 102 Å². The van der Waals surface area contributed by atoms with Crippen LogP contribution in [-0.2, 0) is 11.2 Å². The van der Waals surface area contributed by atoms with E-state index < -0.39 is 0 Å². The first-order valence-corrected chi connectivity index (χ1v) is 12.9. The fourth-order valence-electron chi connectivity index (χ4n) is 4.49. The molecule has 1 heterocycles. The third kappa shape index (κ3) is 11.5. The van der Waals surface area contributed by atoms with Crippen LogP contribution in [0.4, 0.5) is 4.79 Å². The molecule has 0 spiro atoms. The van der Waals surface area contributed by atoms with E-state index in [0.29, 0.717) is 6.42 Å². The molecule has 3 amide bonds. The number of rotatable bonds is 17. The normalized spacial score (nSPS) is 17.8. The largest absolute Gasteiger partial charge is 0.356 e. The number of hydrogen-bond acceptors (Lipinski definition) is 2. The van der Waals surface area contributed by atoms with E-state index in [1.807, 2.05) is 6.92 Å². The predicted octanol–water partition coefficient (Wildman–Crippen LogP) is 5.79. The lowest BCUT2D eigenvalue weighted by molar-refractivity contribution is -0.121. The molecule has 0 aromatic heterocycles. The third-order valence-electron chi connectivity index (χ3n) is 6.49. The zero-order valence-electron chi connectivity index (χ0n) is 20.4. The number of aryl methyl sites for hydroxylation is 2. The highest BCUT2D eigenvalue weighted by molar-refractivity contribution is 5.77. The van der Waals surface area contributed by atoms with Crippen LogP contribution in [0.15, 0.2) is 24.3 Å². The summed E-state index contributed by atoms with van der Waals surface area (Å²) in [5.41, 5.74) is 2.83. The van der Waals surface area contributed by atoms with E-state index in [2.05, 4.69) is 47.1 Å². The van der Waals surface area contributed by atoms with Gasteiger partial charge < -0.3 is 16.0 Å². The minimum Gasteiger partial charge on any atom is -0.356 e. The van der Waals surface area contributed by atoms with Gasteiger partial charge in [-0.25, -0.2) is 4.79 Å². The average Bonchev–Trinajstić information content (AvgIpc) is 3.08. The summed E-state index contributed by atoms with van der Waals surface area (Å²) in [5, 5.41) is 8.87. The average molecular weight is 444 g/mol. The highest BCUT2D eigenvalue weighted by atomic mass is 16.2. The van der Waals surface area contributed by atoms with E-state index in [-0.39, 0.29) is 24.0 Å². The van der Waals surface area contributed by atoms with Gasteiger partial charge in [0.15, 0.2) is 0 Å². The minimum atomic E-state index is -0.0595. The van der Waals surface area contributed by atoms with E-state index in [1.165, 1.54) is 62.5 Å². The van der Waals surface area contributed by atoms with Crippen molar-refractivity contribution in [3.8, 4) is 0 Å². The molecule has 1 saturated heterocycles. The molecule has 1 aliphatic rings. The van der Waals surface area contributed by atoms with Crippen molar-refractivity contribution in [2.45, 2.75) is 116 Å². The number of benzene rings is 1. The SMILES string of the molecule is Cc1cccc(CCCCCCCCCCNC(=O)CCCCCC2NC(=O)NC2C)c1. The Morgan fingerprint density at radius 1 is 0.906 bits per heavy atom. The molecule has 2 unspecified atom stereocenters. The molecule has 1 aromatic rings. The Kier molecular flexibility index (Phi) is 12.9. The number of unbranched alkanes of at least 4 members (excludes halogenated alkanes) is 9. The quantitative estimate of drug-likeness (QED) is 0.267. The lowest BCUT2D eigenvalue weighted by Gasteiger charge is -2.13. The molecule has 5 nitrogen and oxygen atoms in total. The predicted molar refractivity (Wildman–Crippen MR) is 133 cm³/mol. The van der Waals surface area contributed by atoms with Gasteiger partial charge in [0.25, 0.3) is 0 Å². The Morgan fingerprint density at radius 3 is 2.28 bits per heavy atom. The first-order chi connectivity index (χ1) is 15.5. The smallest absolute Gasteiger partial charge is 0.315 e. The zero-order valence-corrected chi connectivity index (χ0v) is 20.4. The van der Waals surface area contributed by atoms with Gasteiger partial charge in [-0.2, -0.15) is 0 Å². The zero-order chi connectivity index (χ0) is 23.0. The molecule has 1 fully saturated rings. The van der Waals surface area contributed by atoms with Crippen molar-refractivity contribution in [2.24, 2.45) is 0 Å². The van der Waals surface area contributed by atoms with Crippen molar-refractivity contribution in [3.63, 3.8) is 0 Å². The van der Waals surface area contributed by atoms with E-state index in [9.17, 15) is 9.59 Å². The van der Waals surface area contributed by atoms with Crippen LogP contribution in [0, 0.1) is 6.92 Å². The maximum atomic E-state index is 11.9. The van der Waals surface area contributed by atoms with Crippen LogP contribution in [0.25, 0.3) is 0 Å². The molecule has 0 radical (unpaired) electrons. The van der Waals surface area contributed by atoms with Crippen LogP contribution in [0.5, 0.6) is 0 Å². The molecule has 1 aromatic carbocycles. The Hall–Kier alpha value is -2.04. The second kappa shape index (κ2) is 15.7. The Labute approximate surface area is 195 Å². The molecular weight excluding hydrogens is 398 g/mol. The summed E-state index contributed by atoms with van der Waals surface area (Å²) in [5.74, 6) is 0.183. The second-order valence-corrected chi connectivity index (χ2v) is 9.53. The summed E-state index contributed by atoms with van der Waals surface area (Å²) in [7, 11) is 0. The van der Waals surface area contributed by atoms with Gasteiger partial charge in [-0.15, -0.1) is 0 Å². The maximum Gasteiger partial charge on any atom is 0.315 e. The van der Waals surface area contributed by atoms with Gasteiger partial charge in [0.1, 0.15) is 0 Å². The van der Waals surface area contributed by atoms with Gasteiger partial charge in [-0.05, 0) is 51.5 Å². The Morgan fingerprint density at radius 2 is 1.59 bits per heavy atom. The van der Waals surface area contributed by atoms with Crippen molar-refractivity contribution >= 4 is 11.9 Å². The maximum absolute atomic E-state index is 11.9. The number of nitrogens with one attached hydrogen (secondary N) is 3. The van der Waals surface area contributed by atoms with Crippen LogP contribution < -0.4 is 16.0 Å². The molecule has 1 aliphatic heterocycles. The molecule has 5 heteroatoms. The highest BCUT2D eigenvalue weighted by Gasteiger charge is 2.26. The minimum absolute atomic E-state index is 0.0595. The molecule has 0 aliphatic carbocycles. The van der Waals surface area contributed by atoms with Crippen LogP contribution in [0.2, 0.25) is 0 Å². The fraction of sp³-hybridized carbons (Fsp3) is 0.704. The topological polar surface area (TPSA) is 70.2 Å². The van der Waals surface area contributed by atoms with E-state index in [1.54, 1.807) is 0 Å². The molecule has 2 rings (SSSR count). The van der Waals surface area contributed by atoms with Gasteiger partial charge in [-0.1, -0.05) is 81.2 Å². The van der Waals surface area contributed by atoms with Gasteiger partial charge in [0, 0.05) is 19.0 Å². The molecule has 0 saturated carbocycles.